The quantitative estimate of drug-likeness (QED) is 0.0781. The fourth-order valence-electron chi connectivity index (χ4n) is 4.92. The summed E-state index contributed by atoms with van der Waals surface area (Å²) in [5, 5.41) is 2.87. The minimum Gasteiger partial charge on any atom is -0.463 e. The van der Waals surface area contributed by atoms with Gasteiger partial charge in [0.2, 0.25) is 5.91 Å². The van der Waals surface area contributed by atoms with Crippen molar-refractivity contribution in [2.24, 2.45) is 0 Å². The van der Waals surface area contributed by atoms with Crippen molar-refractivity contribution < 1.29 is 42.9 Å². The van der Waals surface area contributed by atoms with Gasteiger partial charge < -0.3 is 29.0 Å². The Bertz CT molecular complexity index is 788. The second-order valence-corrected chi connectivity index (χ2v) is 10.7. The van der Waals surface area contributed by atoms with E-state index in [9.17, 15) is 19.2 Å². The summed E-state index contributed by atoms with van der Waals surface area (Å²) >= 11 is 0. The van der Waals surface area contributed by atoms with Crippen molar-refractivity contribution in [3.05, 3.63) is 12.7 Å². The standard InChI is InChI=1S/C31H53NO9/c1-6-8-9-10-11-12-13-14-15-16-17-18-19-20-27(36)32-28-30(40-25(5)35)29(39-24(4)34)26(22-38-23(3)33)41-31(28)37-21-7-2/h7,26,28-31H,2,6,8-22H2,1,3-5H3,(H,32,36)/t26-,28+,29-,30-,31+/m1/s1. The minimum absolute atomic E-state index is 0.0845. The Labute approximate surface area is 246 Å². The first-order chi connectivity index (χ1) is 19.7. The highest BCUT2D eigenvalue weighted by molar-refractivity contribution is 5.76. The number of carbonyl (C=O) groups excluding carboxylic acids is 4. The molecule has 1 aliphatic rings. The molecule has 0 aromatic heterocycles. The van der Waals surface area contributed by atoms with Crippen LogP contribution < -0.4 is 5.32 Å². The van der Waals surface area contributed by atoms with Gasteiger partial charge in [-0.3, -0.25) is 19.2 Å². The molecule has 1 rings (SSSR count). The highest BCUT2D eigenvalue weighted by Crippen LogP contribution is 2.28. The van der Waals surface area contributed by atoms with Gasteiger partial charge in [0.15, 0.2) is 18.5 Å². The molecule has 0 aromatic carbocycles. The fraction of sp³-hybridized carbons (Fsp3) is 0.806. The molecule has 0 bridgehead atoms. The van der Waals surface area contributed by atoms with E-state index >= 15 is 0 Å². The number of carbonyl (C=O) groups is 4. The smallest absolute Gasteiger partial charge is 0.303 e. The number of unbranched alkanes of at least 4 members (excludes halogenated alkanes) is 12. The molecule has 0 spiro atoms. The number of rotatable bonds is 22. The first-order valence-corrected chi connectivity index (χ1v) is 15.3. The molecule has 236 valence electrons. The predicted octanol–water partition coefficient (Wildman–Crippen LogP) is 5.31. The van der Waals surface area contributed by atoms with Gasteiger partial charge in [0, 0.05) is 27.2 Å². The second-order valence-electron chi connectivity index (χ2n) is 10.7. The van der Waals surface area contributed by atoms with Crippen LogP contribution in [0.15, 0.2) is 12.7 Å². The molecule has 5 atom stereocenters. The molecule has 41 heavy (non-hydrogen) atoms. The molecule has 1 amide bonds. The Morgan fingerprint density at radius 1 is 0.756 bits per heavy atom. The SMILES string of the molecule is C=CCO[C@H]1O[C@H](COC(C)=O)[C@@H](OC(C)=O)[C@H](OC(C)=O)[C@@H]1NC(=O)CCCCCCCCCCCCCCC. The van der Waals surface area contributed by atoms with Crippen LogP contribution in [0.1, 0.15) is 118 Å². The zero-order valence-electron chi connectivity index (χ0n) is 25.7. The van der Waals surface area contributed by atoms with E-state index in [0.29, 0.717) is 0 Å². The third-order valence-corrected chi connectivity index (χ3v) is 6.91. The number of ether oxygens (including phenoxy) is 5. The summed E-state index contributed by atoms with van der Waals surface area (Å²) in [6.07, 6.45) is 13.1. The lowest BCUT2D eigenvalue weighted by molar-refractivity contribution is -0.275. The van der Waals surface area contributed by atoms with Gasteiger partial charge >= 0.3 is 17.9 Å². The topological polar surface area (TPSA) is 126 Å². The van der Waals surface area contributed by atoms with Gasteiger partial charge in [-0.25, -0.2) is 0 Å². The van der Waals surface area contributed by atoms with Crippen molar-refractivity contribution in [3.8, 4) is 0 Å². The van der Waals surface area contributed by atoms with Crippen LogP contribution in [-0.4, -0.2) is 67.7 Å². The average molecular weight is 584 g/mol. The van der Waals surface area contributed by atoms with Gasteiger partial charge in [-0.15, -0.1) is 6.58 Å². The Morgan fingerprint density at radius 2 is 1.27 bits per heavy atom. The van der Waals surface area contributed by atoms with Crippen molar-refractivity contribution in [2.75, 3.05) is 13.2 Å². The highest BCUT2D eigenvalue weighted by Gasteiger charge is 2.51. The molecule has 0 aromatic rings. The first kappa shape index (κ1) is 36.6. The highest BCUT2D eigenvalue weighted by atomic mass is 16.7. The summed E-state index contributed by atoms with van der Waals surface area (Å²) in [7, 11) is 0. The van der Waals surface area contributed by atoms with Crippen molar-refractivity contribution in [1.82, 2.24) is 5.32 Å². The maximum Gasteiger partial charge on any atom is 0.303 e. The molecule has 0 unspecified atom stereocenters. The summed E-state index contributed by atoms with van der Waals surface area (Å²) in [4.78, 5) is 48.3. The number of esters is 3. The summed E-state index contributed by atoms with van der Waals surface area (Å²) in [5.41, 5.74) is 0. The maximum absolute atomic E-state index is 12.9. The van der Waals surface area contributed by atoms with Crippen LogP contribution in [0.3, 0.4) is 0 Å². The second kappa shape index (κ2) is 22.2. The lowest BCUT2D eigenvalue weighted by Gasteiger charge is -2.45. The van der Waals surface area contributed by atoms with Crippen molar-refractivity contribution in [3.63, 3.8) is 0 Å². The zero-order chi connectivity index (χ0) is 30.5. The number of hydrogen-bond acceptors (Lipinski definition) is 9. The third kappa shape index (κ3) is 16.5. The molecule has 10 nitrogen and oxygen atoms in total. The first-order valence-electron chi connectivity index (χ1n) is 15.3. The van der Waals surface area contributed by atoms with Crippen LogP contribution >= 0.6 is 0 Å². The van der Waals surface area contributed by atoms with Crippen LogP contribution in [0.2, 0.25) is 0 Å². The van der Waals surface area contributed by atoms with Gasteiger partial charge in [-0.2, -0.15) is 0 Å². The van der Waals surface area contributed by atoms with E-state index < -0.39 is 48.6 Å². The van der Waals surface area contributed by atoms with E-state index in [1.165, 1.54) is 84.6 Å². The molecular formula is C31H53NO9. The minimum atomic E-state index is -1.14. The summed E-state index contributed by atoms with van der Waals surface area (Å²) in [6, 6.07) is -0.966. The van der Waals surface area contributed by atoms with E-state index in [4.69, 9.17) is 23.7 Å². The summed E-state index contributed by atoms with van der Waals surface area (Å²) in [5.74, 6) is -2.10. The third-order valence-electron chi connectivity index (χ3n) is 6.91. The molecule has 1 aliphatic heterocycles. The lowest BCUT2D eigenvalue weighted by Crippen LogP contribution is -2.66. The van der Waals surface area contributed by atoms with Crippen molar-refractivity contribution in [2.45, 2.75) is 148 Å². The van der Waals surface area contributed by atoms with Crippen LogP contribution in [0.25, 0.3) is 0 Å². The Balaban J connectivity index is 2.65. The molecule has 1 heterocycles. The van der Waals surface area contributed by atoms with Crippen LogP contribution in [0.5, 0.6) is 0 Å². The van der Waals surface area contributed by atoms with Crippen LogP contribution in [0.4, 0.5) is 0 Å². The van der Waals surface area contributed by atoms with Gasteiger partial charge in [0.1, 0.15) is 18.8 Å². The van der Waals surface area contributed by atoms with E-state index in [0.717, 1.165) is 25.7 Å². The van der Waals surface area contributed by atoms with E-state index in [1.54, 1.807) is 0 Å². The largest absolute Gasteiger partial charge is 0.463 e. The van der Waals surface area contributed by atoms with Gasteiger partial charge in [0.05, 0.1) is 6.61 Å². The summed E-state index contributed by atoms with van der Waals surface area (Å²) < 4.78 is 27.8. The average Bonchev–Trinajstić information content (AvgIpc) is 2.91. The lowest BCUT2D eigenvalue weighted by atomic mass is 9.95. The Morgan fingerprint density at radius 3 is 1.76 bits per heavy atom. The molecule has 1 saturated heterocycles. The van der Waals surface area contributed by atoms with Crippen LogP contribution in [-0.2, 0) is 42.9 Å². The van der Waals surface area contributed by atoms with E-state index in [2.05, 4.69) is 18.8 Å². The molecule has 0 aliphatic carbocycles. The monoisotopic (exact) mass is 583 g/mol. The van der Waals surface area contributed by atoms with E-state index in [-0.39, 0.29) is 25.5 Å². The molecule has 0 saturated carbocycles. The number of amides is 1. The molecule has 1 N–H and O–H groups in total. The molecule has 1 fully saturated rings. The van der Waals surface area contributed by atoms with Crippen LogP contribution in [0, 0.1) is 0 Å². The van der Waals surface area contributed by atoms with E-state index in [1.807, 2.05) is 0 Å². The molecule has 0 radical (unpaired) electrons. The Kier molecular flexibility index (Phi) is 19.8. The summed E-state index contributed by atoms with van der Waals surface area (Å²) in [6.45, 7) is 9.35. The van der Waals surface area contributed by atoms with Gasteiger partial charge in [-0.1, -0.05) is 90.0 Å². The molecular weight excluding hydrogens is 530 g/mol. The molecule has 10 heteroatoms. The van der Waals surface area contributed by atoms with Gasteiger partial charge in [-0.05, 0) is 6.42 Å². The Hall–Kier alpha value is -2.46. The van der Waals surface area contributed by atoms with Gasteiger partial charge in [0.25, 0.3) is 0 Å². The number of hydrogen-bond donors (Lipinski definition) is 1. The zero-order valence-corrected chi connectivity index (χ0v) is 25.7. The van der Waals surface area contributed by atoms with Crippen molar-refractivity contribution in [1.29, 1.82) is 0 Å². The number of nitrogens with one attached hydrogen (secondary N) is 1. The normalized spacial score (nSPS) is 22.0. The van der Waals surface area contributed by atoms with Crippen molar-refractivity contribution >= 4 is 23.8 Å². The fourth-order valence-corrected chi connectivity index (χ4v) is 4.92. The maximum atomic E-state index is 12.9. The predicted molar refractivity (Wildman–Crippen MR) is 155 cm³/mol.